The SMILES string of the molecule is CC1CCC(C(C)(C)c2ccccc2OC(C)C)C(Cl)C1. The van der Waals surface area contributed by atoms with Gasteiger partial charge in [0.1, 0.15) is 5.75 Å². The highest BCUT2D eigenvalue weighted by Gasteiger charge is 2.40. The lowest BCUT2D eigenvalue weighted by atomic mass is 9.65. The van der Waals surface area contributed by atoms with Crippen LogP contribution in [-0.4, -0.2) is 11.5 Å². The second kappa shape index (κ2) is 6.60. The van der Waals surface area contributed by atoms with E-state index < -0.39 is 0 Å². The number of benzene rings is 1. The van der Waals surface area contributed by atoms with Gasteiger partial charge >= 0.3 is 0 Å². The molecule has 21 heavy (non-hydrogen) atoms. The second-order valence-corrected chi connectivity index (χ2v) is 7.99. The number of ether oxygens (including phenoxy) is 1. The Labute approximate surface area is 135 Å². The van der Waals surface area contributed by atoms with Crippen LogP contribution >= 0.6 is 11.6 Å². The molecule has 1 saturated carbocycles. The average molecular weight is 309 g/mol. The molecule has 2 heteroatoms. The molecule has 2 rings (SSSR count). The summed E-state index contributed by atoms with van der Waals surface area (Å²) in [5.41, 5.74) is 1.34. The molecule has 0 saturated heterocycles. The fourth-order valence-corrected chi connectivity index (χ4v) is 4.42. The van der Waals surface area contributed by atoms with Crippen LogP contribution in [0.2, 0.25) is 0 Å². The number of para-hydroxylation sites is 1. The van der Waals surface area contributed by atoms with Crippen LogP contribution in [0.25, 0.3) is 0 Å². The first kappa shape index (κ1) is 16.7. The number of alkyl halides is 1. The van der Waals surface area contributed by atoms with E-state index in [1.165, 1.54) is 18.4 Å². The lowest BCUT2D eigenvalue weighted by Gasteiger charge is -2.42. The molecule has 1 aliphatic carbocycles. The fourth-order valence-electron chi connectivity index (χ4n) is 3.68. The Morgan fingerprint density at radius 2 is 1.86 bits per heavy atom. The Kier molecular flexibility index (Phi) is 5.24. The lowest BCUT2D eigenvalue weighted by Crippen LogP contribution is -2.39. The monoisotopic (exact) mass is 308 g/mol. The van der Waals surface area contributed by atoms with E-state index in [1.807, 2.05) is 0 Å². The molecule has 0 aromatic heterocycles. The van der Waals surface area contributed by atoms with Gasteiger partial charge in [-0.25, -0.2) is 0 Å². The summed E-state index contributed by atoms with van der Waals surface area (Å²) in [6, 6.07) is 8.46. The molecule has 0 N–H and O–H groups in total. The standard InChI is InChI=1S/C19H29ClO/c1-13(2)21-18-9-7-6-8-16(18)19(4,5)15-11-10-14(3)12-17(15)20/h6-9,13-15,17H,10-12H2,1-5H3. The smallest absolute Gasteiger partial charge is 0.123 e. The predicted octanol–water partition coefficient (Wildman–Crippen LogP) is 5.80. The van der Waals surface area contributed by atoms with E-state index >= 15 is 0 Å². The van der Waals surface area contributed by atoms with Crippen LogP contribution < -0.4 is 4.74 Å². The van der Waals surface area contributed by atoms with E-state index in [2.05, 4.69) is 58.9 Å². The maximum atomic E-state index is 6.73. The minimum absolute atomic E-state index is 0.0397. The van der Waals surface area contributed by atoms with Gasteiger partial charge in [-0.1, -0.05) is 45.4 Å². The summed E-state index contributed by atoms with van der Waals surface area (Å²) in [6.07, 6.45) is 3.81. The van der Waals surface area contributed by atoms with Crippen molar-refractivity contribution in [2.24, 2.45) is 11.8 Å². The molecule has 3 unspecified atom stereocenters. The van der Waals surface area contributed by atoms with Crippen LogP contribution in [-0.2, 0) is 5.41 Å². The molecule has 0 bridgehead atoms. The van der Waals surface area contributed by atoms with Crippen LogP contribution in [0.3, 0.4) is 0 Å². The highest BCUT2D eigenvalue weighted by molar-refractivity contribution is 6.20. The van der Waals surface area contributed by atoms with Crippen molar-refractivity contribution in [3.05, 3.63) is 29.8 Å². The molecule has 1 aromatic carbocycles. The third kappa shape index (κ3) is 3.74. The minimum Gasteiger partial charge on any atom is -0.491 e. The Balaban J connectivity index is 2.30. The van der Waals surface area contributed by atoms with Crippen LogP contribution in [0.5, 0.6) is 5.75 Å². The summed E-state index contributed by atoms with van der Waals surface area (Å²) in [5.74, 6) is 2.27. The quantitative estimate of drug-likeness (QED) is 0.639. The van der Waals surface area contributed by atoms with Gasteiger partial charge in [0.05, 0.1) is 6.10 Å². The van der Waals surface area contributed by atoms with Crippen molar-refractivity contribution in [2.75, 3.05) is 0 Å². The molecule has 3 atom stereocenters. The highest BCUT2D eigenvalue weighted by atomic mass is 35.5. The van der Waals surface area contributed by atoms with E-state index in [-0.39, 0.29) is 16.9 Å². The summed E-state index contributed by atoms with van der Waals surface area (Å²) < 4.78 is 6.04. The largest absolute Gasteiger partial charge is 0.491 e. The number of halogens is 1. The zero-order valence-corrected chi connectivity index (χ0v) is 14.8. The van der Waals surface area contributed by atoms with E-state index in [9.17, 15) is 0 Å². The predicted molar refractivity (Wildman–Crippen MR) is 91.4 cm³/mol. The normalized spacial score (nSPS) is 26.9. The minimum atomic E-state index is 0.0397. The molecule has 118 valence electrons. The molecular weight excluding hydrogens is 280 g/mol. The van der Waals surface area contributed by atoms with Gasteiger partial charge in [0.2, 0.25) is 0 Å². The Hall–Kier alpha value is -0.690. The molecule has 1 aliphatic rings. The van der Waals surface area contributed by atoms with E-state index in [4.69, 9.17) is 16.3 Å². The van der Waals surface area contributed by atoms with Gasteiger partial charge in [0.15, 0.2) is 0 Å². The molecule has 1 aromatic rings. The summed E-state index contributed by atoms with van der Waals surface area (Å²) in [7, 11) is 0. The van der Waals surface area contributed by atoms with Gasteiger partial charge in [-0.05, 0) is 50.0 Å². The van der Waals surface area contributed by atoms with Gasteiger partial charge in [-0.3, -0.25) is 0 Å². The Morgan fingerprint density at radius 1 is 1.19 bits per heavy atom. The van der Waals surface area contributed by atoms with Crippen molar-refractivity contribution >= 4 is 11.6 Å². The average Bonchev–Trinajstić information content (AvgIpc) is 2.37. The van der Waals surface area contributed by atoms with Crippen molar-refractivity contribution in [3.8, 4) is 5.75 Å². The molecular formula is C19H29ClO. The summed E-state index contributed by atoms with van der Waals surface area (Å²) in [4.78, 5) is 0. The van der Waals surface area contributed by atoms with E-state index in [0.717, 1.165) is 18.1 Å². The van der Waals surface area contributed by atoms with E-state index in [1.54, 1.807) is 0 Å². The van der Waals surface area contributed by atoms with Crippen molar-refractivity contribution in [2.45, 2.75) is 70.8 Å². The van der Waals surface area contributed by atoms with Crippen LogP contribution in [0, 0.1) is 11.8 Å². The van der Waals surface area contributed by atoms with Gasteiger partial charge in [0.25, 0.3) is 0 Å². The number of hydrogen-bond donors (Lipinski definition) is 0. The molecule has 0 heterocycles. The Bertz CT molecular complexity index is 466. The molecule has 1 fully saturated rings. The zero-order valence-electron chi connectivity index (χ0n) is 14.0. The topological polar surface area (TPSA) is 9.23 Å². The first-order chi connectivity index (χ1) is 9.82. The number of hydrogen-bond acceptors (Lipinski definition) is 1. The van der Waals surface area contributed by atoms with Crippen LogP contribution in [0.1, 0.15) is 59.4 Å². The van der Waals surface area contributed by atoms with Crippen LogP contribution in [0.15, 0.2) is 24.3 Å². The summed E-state index contributed by atoms with van der Waals surface area (Å²) in [5, 5.41) is 0.260. The first-order valence-electron chi connectivity index (χ1n) is 8.22. The molecule has 1 nitrogen and oxygen atoms in total. The fraction of sp³-hybridized carbons (Fsp3) is 0.684. The molecule has 0 amide bonds. The maximum Gasteiger partial charge on any atom is 0.123 e. The maximum absolute atomic E-state index is 6.73. The van der Waals surface area contributed by atoms with Gasteiger partial charge in [-0.2, -0.15) is 0 Å². The van der Waals surface area contributed by atoms with Gasteiger partial charge in [-0.15, -0.1) is 11.6 Å². The second-order valence-electron chi connectivity index (χ2n) is 7.43. The third-order valence-corrected chi connectivity index (χ3v) is 5.39. The van der Waals surface area contributed by atoms with Crippen molar-refractivity contribution in [1.29, 1.82) is 0 Å². The van der Waals surface area contributed by atoms with Crippen molar-refractivity contribution in [1.82, 2.24) is 0 Å². The molecule has 0 radical (unpaired) electrons. The van der Waals surface area contributed by atoms with Gasteiger partial charge < -0.3 is 4.74 Å². The highest BCUT2D eigenvalue weighted by Crippen LogP contribution is 2.46. The number of rotatable bonds is 4. The third-order valence-electron chi connectivity index (χ3n) is 4.91. The Morgan fingerprint density at radius 3 is 2.48 bits per heavy atom. The van der Waals surface area contributed by atoms with Crippen molar-refractivity contribution in [3.63, 3.8) is 0 Å². The van der Waals surface area contributed by atoms with Crippen molar-refractivity contribution < 1.29 is 4.74 Å². The summed E-state index contributed by atoms with van der Waals surface area (Å²) >= 11 is 6.73. The zero-order chi connectivity index (χ0) is 15.6. The van der Waals surface area contributed by atoms with Gasteiger partial charge in [0, 0.05) is 10.9 Å². The molecule has 0 aliphatic heterocycles. The lowest BCUT2D eigenvalue weighted by molar-refractivity contribution is 0.193. The van der Waals surface area contributed by atoms with Crippen LogP contribution in [0.4, 0.5) is 0 Å². The summed E-state index contributed by atoms with van der Waals surface area (Å²) in [6.45, 7) is 11.1. The molecule has 0 spiro atoms. The van der Waals surface area contributed by atoms with E-state index in [0.29, 0.717) is 5.92 Å². The first-order valence-corrected chi connectivity index (χ1v) is 8.66.